The Bertz CT molecular complexity index is 480. The first-order valence-corrected chi connectivity index (χ1v) is 3.47. The van der Waals surface area contributed by atoms with Gasteiger partial charge in [0.1, 0.15) is 0 Å². The van der Waals surface area contributed by atoms with E-state index in [0.717, 1.165) is 0 Å². The van der Waals surface area contributed by atoms with Crippen molar-refractivity contribution in [3.05, 3.63) is 28.7 Å². The first-order chi connectivity index (χ1) is 5.70. The van der Waals surface area contributed by atoms with E-state index in [4.69, 9.17) is 4.42 Å². The molecule has 1 N–H and O–H groups in total. The van der Waals surface area contributed by atoms with Crippen LogP contribution in [0.15, 0.2) is 27.4 Å². The van der Waals surface area contributed by atoms with Gasteiger partial charge in [0.2, 0.25) is 0 Å². The molecule has 0 radical (unpaired) electrons. The normalized spacial score (nSPS) is 10.8. The van der Waals surface area contributed by atoms with Crippen molar-refractivity contribution in [1.29, 1.82) is 0 Å². The first kappa shape index (κ1) is 6.97. The van der Waals surface area contributed by atoms with Gasteiger partial charge in [-0.25, -0.2) is 4.79 Å². The van der Waals surface area contributed by atoms with Gasteiger partial charge in [0.15, 0.2) is 11.3 Å². The molecule has 12 heavy (non-hydrogen) atoms. The van der Waals surface area contributed by atoms with Crippen molar-refractivity contribution in [1.82, 2.24) is 4.57 Å². The second-order valence-corrected chi connectivity index (χ2v) is 2.55. The van der Waals surface area contributed by atoms with Crippen LogP contribution in [0.2, 0.25) is 0 Å². The fourth-order valence-electron chi connectivity index (χ4n) is 1.14. The lowest BCUT2D eigenvalue weighted by Crippen LogP contribution is -2.08. The summed E-state index contributed by atoms with van der Waals surface area (Å²) in [5, 5.41) is 9.26. The summed E-state index contributed by atoms with van der Waals surface area (Å²) in [5.74, 6) is -0.475. The molecule has 0 bridgehead atoms. The highest BCUT2D eigenvalue weighted by atomic mass is 16.4. The van der Waals surface area contributed by atoms with Crippen LogP contribution in [0.4, 0.5) is 0 Å². The highest BCUT2D eigenvalue weighted by Gasteiger charge is 2.07. The standard InChI is InChI=1S/C8H7NO3/c1-9-5-3-2-4-6(10)7(5)12-8(9)11/h2-4,10H,1H3. The highest BCUT2D eigenvalue weighted by molar-refractivity contribution is 5.78. The maximum atomic E-state index is 11.0. The molecule has 1 aromatic carbocycles. The summed E-state index contributed by atoms with van der Waals surface area (Å²) in [4.78, 5) is 11.0. The number of nitrogens with zero attached hydrogens (tertiary/aromatic N) is 1. The van der Waals surface area contributed by atoms with Gasteiger partial charge in [-0.1, -0.05) is 6.07 Å². The van der Waals surface area contributed by atoms with E-state index in [0.29, 0.717) is 5.52 Å². The van der Waals surface area contributed by atoms with Crippen LogP contribution in [0, 0.1) is 0 Å². The van der Waals surface area contributed by atoms with Crippen molar-refractivity contribution in [2.45, 2.75) is 0 Å². The number of oxazole rings is 1. The number of fused-ring (bicyclic) bond motifs is 1. The second-order valence-electron chi connectivity index (χ2n) is 2.55. The first-order valence-electron chi connectivity index (χ1n) is 3.47. The zero-order valence-corrected chi connectivity index (χ0v) is 6.44. The molecule has 0 aliphatic rings. The molecular formula is C8H7NO3. The third-order valence-corrected chi connectivity index (χ3v) is 1.80. The number of aromatic hydroxyl groups is 1. The van der Waals surface area contributed by atoms with E-state index < -0.39 is 5.76 Å². The third-order valence-electron chi connectivity index (χ3n) is 1.80. The summed E-state index contributed by atoms with van der Waals surface area (Å²) in [5.41, 5.74) is 0.838. The SMILES string of the molecule is Cn1c(=O)oc2c(O)cccc21. The summed E-state index contributed by atoms with van der Waals surface area (Å²) in [6.07, 6.45) is 0. The van der Waals surface area contributed by atoms with Crippen molar-refractivity contribution in [3.8, 4) is 5.75 Å². The van der Waals surface area contributed by atoms with Crippen LogP contribution in [0.25, 0.3) is 11.1 Å². The number of phenolic OH excluding ortho intramolecular Hbond substituents is 1. The molecule has 0 fully saturated rings. The molecule has 0 spiro atoms. The minimum atomic E-state index is -0.466. The number of rotatable bonds is 0. The Hall–Kier alpha value is -1.71. The van der Waals surface area contributed by atoms with E-state index >= 15 is 0 Å². The zero-order chi connectivity index (χ0) is 8.72. The zero-order valence-electron chi connectivity index (χ0n) is 6.44. The van der Waals surface area contributed by atoms with E-state index in [-0.39, 0.29) is 11.3 Å². The third kappa shape index (κ3) is 0.747. The maximum absolute atomic E-state index is 11.0. The van der Waals surface area contributed by atoms with Crippen molar-refractivity contribution >= 4 is 11.1 Å². The lowest BCUT2D eigenvalue weighted by Gasteiger charge is -1.91. The molecular weight excluding hydrogens is 158 g/mol. The molecule has 1 aromatic heterocycles. The van der Waals surface area contributed by atoms with Gasteiger partial charge in [0.25, 0.3) is 0 Å². The summed E-state index contributed by atoms with van der Waals surface area (Å²) >= 11 is 0. The molecule has 2 rings (SSSR count). The van der Waals surface area contributed by atoms with Crippen LogP contribution in [0.5, 0.6) is 5.75 Å². The molecule has 4 heteroatoms. The summed E-state index contributed by atoms with van der Waals surface area (Å²) in [7, 11) is 1.59. The molecule has 2 aromatic rings. The molecule has 0 atom stereocenters. The number of hydrogen-bond acceptors (Lipinski definition) is 3. The van der Waals surface area contributed by atoms with E-state index in [1.807, 2.05) is 0 Å². The topological polar surface area (TPSA) is 55.4 Å². The molecule has 0 unspecified atom stereocenters. The Labute approximate surface area is 67.7 Å². The van der Waals surface area contributed by atoms with Gasteiger partial charge in [0, 0.05) is 7.05 Å². The quantitative estimate of drug-likeness (QED) is 0.629. The number of aromatic nitrogens is 1. The van der Waals surface area contributed by atoms with Crippen LogP contribution < -0.4 is 5.76 Å². The monoisotopic (exact) mass is 165 g/mol. The van der Waals surface area contributed by atoms with Crippen LogP contribution in [0.3, 0.4) is 0 Å². The number of hydrogen-bond donors (Lipinski definition) is 1. The van der Waals surface area contributed by atoms with Gasteiger partial charge in [-0.05, 0) is 12.1 Å². The fourth-order valence-corrected chi connectivity index (χ4v) is 1.14. The van der Waals surface area contributed by atoms with E-state index in [1.165, 1.54) is 10.6 Å². The van der Waals surface area contributed by atoms with Gasteiger partial charge < -0.3 is 9.52 Å². The Balaban J connectivity index is 3.05. The molecule has 0 saturated heterocycles. The lowest BCUT2D eigenvalue weighted by molar-refractivity contribution is 0.455. The van der Waals surface area contributed by atoms with Gasteiger partial charge in [0.05, 0.1) is 5.52 Å². The van der Waals surface area contributed by atoms with Crippen LogP contribution >= 0.6 is 0 Å². The molecule has 0 amide bonds. The molecule has 0 saturated carbocycles. The summed E-state index contributed by atoms with van der Waals surface area (Å²) in [6, 6.07) is 4.85. The average Bonchev–Trinajstić information content (AvgIpc) is 2.32. The predicted octanol–water partition coefficient (Wildman–Crippen LogP) is 0.837. The molecule has 0 aliphatic heterocycles. The van der Waals surface area contributed by atoms with Crippen molar-refractivity contribution in [3.63, 3.8) is 0 Å². The van der Waals surface area contributed by atoms with Gasteiger partial charge in [-0.2, -0.15) is 0 Å². The second kappa shape index (κ2) is 2.14. The molecule has 0 aliphatic carbocycles. The van der Waals surface area contributed by atoms with Crippen LogP contribution in [0.1, 0.15) is 0 Å². The van der Waals surface area contributed by atoms with Crippen molar-refractivity contribution < 1.29 is 9.52 Å². The van der Waals surface area contributed by atoms with Gasteiger partial charge in [-0.3, -0.25) is 4.57 Å². The Morgan fingerprint density at radius 3 is 2.92 bits per heavy atom. The number of benzene rings is 1. The Kier molecular flexibility index (Phi) is 1.24. The summed E-state index contributed by atoms with van der Waals surface area (Å²) in [6.45, 7) is 0. The Morgan fingerprint density at radius 2 is 2.25 bits per heavy atom. The van der Waals surface area contributed by atoms with Crippen molar-refractivity contribution in [2.24, 2.45) is 7.05 Å². The number of para-hydroxylation sites is 1. The van der Waals surface area contributed by atoms with E-state index in [2.05, 4.69) is 0 Å². The fraction of sp³-hybridized carbons (Fsp3) is 0.125. The van der Waals surface area contributed by atoms with E-state index in [9.17, 15) is 9.90 Å². The largest absolute Gasteiger partial charge is 0.504 e. The predicted molar refractivity (Wildman–Crippen MR) is 43.1 cm³/mol. The van der Waals surface area contributed by atoms with Crippen LogP contribution in [-0.4, -0.2) is 9.67 Å². The lowest BCUT2D eigenvalue weighted by atomic mass is 10.3. The molecule has 4 nitrogen and oxygen atoms in total. The number of aryl methyl sites for hydroxylation is 1. The average molecular weight is 165 g/mol. The minimum Gasteiger partial charge on any atom is -0.504 e. The maximum Gasteiger partial charge on any atom is 0.419 e. The van der Waals surface area contributed by atoms with Gasteiger partial charge in [-0.15, -0.1) is 0 Å². The minimum absolute atomic E-state index is 0.00907. The number of phenols is 1. The smallest absolute Gasteiger partial charge is 0.419 e. The van der Waals surface area contributed by atoms with Crippen molar-refractivity contribution in [2.75, 3.05) is 0 Å². The molecule has 62 valence electrons. The highest BCUT2D eigenvalue weighted by Crippen LogP contribution is 2.21. The van der Waals surface area contributed by atoms with Gasteiger partial charge >= 0.3 is 5.76 Å². The van der Waals surface area contributed by atoms with Crippen LogP contribution in [-0.2, 0) is 7.05 Å². The Morgan fingerprint density at radius 1 is 1.50 bits per heavy atom. The van der Waals surface area contributed by atoms with E-state index in [1.54, 1.807) is 19.2 Å². The molecule has 1 heterocycles. The summed E-state index contributed by atoms with van der Waals surface area (Å²) < 4.78 is 6.13.